The molecule has 1 N–H and O–H groups in total. The molecule has 2 aromatic heterocycles. The van der Waals surface area contributed by atoms with E-state index in [1.54, 1.807) is 12.4 Å². The van der Waals surface area contributed by atoms with Crippen molar-refractivity contribution < 1.29 is 4.52 Å². The van der Waals surface area contributed by atoms with Gasteiger partial charge in [-0.05, 0) is 48.3 Å². The van der Waals surface area contributed by atoms with Gasteiger partial charge in [-0.25, -0.2) is 0 Å². The second-order valence-electron chi connectivity index (χ2n) is 5.16. The van der Waals surface area contributed by atoms with E-state index in [-0.39, 0.29) is 5.41 Å². The summed E-state index contributed by atoms with van der Waals surface area (Å²) in [6, 6.07) is 1.93. The van der Waals surface area contributed by atoms with Crippen molar-refractivity contribution in [2.45, 2.75) is 25.2 Å². The second-order valence-corrected chi connectivity index (χ2v) is 6.07. The number of hydrogen-bond acceptors (Lipinski definition) is 5. The van der Waals surface area contributed by atoms with Gasteiger partial charge in [0.1, 0.15) is 0 Å². The van der Waals surface area contributed by atoms with Crippen LogP contribution in [0.1, 0.15) is 25.7 Å². The van der Waals surface area contributed by atoms with Crippen LogP contribution in [0, 0.1) is 0 Å². The molecule has 5 nitrogen and oxygen atoms in total. The first-order valence-electron chi connectivity index (χ1n) is 6.33. The first kappa shape index (κ1) is 12.7. The highest BCUT2D eigenvalue weighted by atomic mass is 79.9. The Hall–Kier alpha value is -1.27. The van der Waals surface area contributed by atoms with Crippen molar-refractivity contribution in [2.24, 2.45) is 0 Å². The number of nitrogens with zero attached hydrogens (tertiary/aromatic N) is 3. The molecule has 3 heterocycles. The van der Waals surface area contributed by atoms with E-state index in [4.69, 9.17) is 4.52 Å². The van der Waals surface area contributed by atoms with Crippen LogP contribution in [-0.2, 0) is 5.41 Å². The van der Waals surface area contributed by atoms with Crippen molar-refractivity contribution in [2.75, 3.05) is 13.1 Å². The summed E-state index contributed by atoms with van der Waals surface area (Å²) in [5.41, 5.74) is 0.792. The minimum absolute atomic E-state index is 0.0665. The predicted molar refractivity (Wildman–Crippen MR) is 74.7 cm³/mol. The van der Waals surface area contributed by atoms with Gasteiger partial charge in [0.05, 0.1) is 5.41 Å². The molecule has 1 saturated heterocycles. The highest BCUT2D eigenvalue weighted by Gasteiger charge is 2.34. The molecule has 6 heteroatoms. The minimum atomic E-state index is -0.0665. The van der Waals surface area contributed by atoms with E-state index < -0.39 is 0 Å². The van der Waals surface area contributed by atoms with Gasteiger partial charge < -0.3 is 9.84 Å². The summed E-state index contributed by atoms with van der Waals surface area (Å²) in [4.78, 5) is 8.66. The summed E-state index contributed by atoms with van der Waals surface area (Å²) in [6.07, 6.45) is 5.67. The molecular weight excluding hydrogens is 308 g/mol. The number of pyridine rings is 1. The van der Waals surface area contributed by atoms with E-state index in [9.17, 15) is 0 Å². The van der Waals surface area contributed by atoms with E-state index in [1.165, 1.54) is 0 Å². The van der Waals surface area contributed by atoms with Crippen molar-refractivity contribution >= 4 is 15.9 Å². The van der Waals surface area contributed by atoms with Crippen LogP contribution >= 0.6 is 15.9 Å². The summed E-state index contributed by atoms with van der Waals surface area (Å²) in [5, 5.41) is 7.46. The Balaban J connectivity index is 1.91. The van der Waals surface area contributed by atoms with Gasteiger partial charge in [0.15, 0.2) is 0 Å². The Kier molecular flexibility index (Phi) is 3.36. The number of nitrogens with one attached hydrogen (secondary N) is 1. The third kappa shape index (κ3) is 2.55. The Bertz CT molecular complexity index is 578. The first-order chi connectivity index (χ1) is 9.17. The van der Waals surface area contributed by atoms with Gasteiger partial charge >= 0.3 is 0 Å². The van der Waals surface area contributed by atoms with E-state index in [1.807, 2.05) is 6.07 Å². The average molecular weight is 323 g/mol. The lowest BCUT2D eigenvalue weighted by atomic mass is 9.83. The molecule has 0 aromatic carbocycles. The Morgan fingerprint density at radius 2 is 2.32 bits per heavy atom. The molecule has 0 radical (unpaired) electrons. The summed E-state index contributed by atoms with van der Waals surface area (Å²) in [6.45, 7) is 4.10. The maximum Gasteiger partial charge on any atom is 0.234 e. The van der Waals surface area contributed by atoms with Crippen LogP contribution < -0.4 is 5.32 Å². The molecule has 0 spiro atoms. The van der Waals surface area contributed by atoms with Crippen LogP contribution in [0.25, 0.3) is 11.4 Å². The van der Waals surface area contributed by atoms with Crippen LogP contribution in [0.2, 0.25) is 0 Å². The second kappa shape index (κ2) is 5.02. The molecule has 1 atom stereocenters. The molecule has 0 bridgehead atoms. The summed E-state index contributed by atoms with van der Waals surface area (Å²) in [5.74, 6) is 1.30. The summed E-state index contributed by atoms with van der Waals surface area (Å²) < 4.78 is 6.36. The van der Waals surface area contributed by atoms with Crippen molar-refractivity contribution in [1.29, 1.82) is 0 Å². The Morgan fingerprint density at radius 3 is 3.05 bits per heavy atom. The Labute approximate surface area is 119 Å². The van der Waals surface area contributed by atoms with E-state index in [0.29, 0.717) is 11.7 Å². The fourth-order valence-corrected chi connectivity index (χ4v) is 2.72. The van der Waals surface area contributed by atoms with Crippen LogP contribution in [0.3, 0.4) is 0 Å². The Morgan fingerprint density at radius 1 is 1.42 bits per heavy atom. The van der Waals surface area contributed by atoms with E-state index in [0.717, 1.165) is 36.0 Å². The number of aromatic nitrogens is 3. The normalized spacial score (nSPS) is 23.5. The lowest BCUT2D eigenvalue weighted by molar-refractivity contribution is 0.245. The number of piperidine rings is 1. The SMILES string of the molecule is CC1(c2nc(-c3cncc(Br)c3)no2)CCCNC1. The molecule has 0 amide bonds. The van der Waals surface area contributed by atoms with Crippen molar-refractivity contribution in [3.8, 4) is 11.4 Å². The molecule has 1 aliphatic rings. The number of rotatable bonds is 2. The monoisotopic (exact) mass is 322 g/mol. The molecular formula is C13H15BrN4O. The highest BCUT2D eigenvalue weighted by Crippen LogP contribution is 2.30. The molecule has 1 unspecified atom stereocenters. The lowest BCUT2D eigenvalue weighted by Crippen LogP contribution is -2.41. The summed E-state index contributed by atoms with van der Waals surface area (Å²) >= 11 is 3.39. The smallest absolute Gasteiger partial charge is 0.234 e. The van der Waals surface area contributed by atoms with Crippen molar-refractivity contribution in [3.63, 3.8) is 0 Å². The molecule has 0 aliphatic carbocycles. The van der Waals surface area contributed by atoms with Crippen LogP contribution in [0.5, 0.6) is 0 Å². The van der Waals surface area contributed by atoms with Crippen LogP contribution in [0.4, 0.5) is 0 Å². The zero-order chi connectivity index (χ0) is 13.3. The highest BCUT2D eigenvalue weighted by molar-refractivity contribution is 9.10. The maximum absolute atomic E-state index is 5.46. The van der Waals surface area contributed by atoms with Crippen LogP contribution in [0.15, 0.2) is 27.5 Å². The summed E-state index contributed by atoms with van der Waals surface area (Å²) in [7, 11) is 0. The van der Waals surface area contributed by atoms with E-state index >= 15 is 0 Å². The van der Waals surface area contributed by atoms with Gasteiger partial charge in [-0.2, -0.15) is 4.98 Å². The molecule has 2 aromatic rings. The fraction of sp³-hybridized carbons (Fsp3) is 0.462. The third-order valence-corrected chi connectivity index (χ3v) is 3.94. The lowest BCUT2D eigenvalue weighted by Gasteiger charge is -2.30. The molecule has 100 valence electrons. The molecule has 19 heavy (non-hydrogen) atoms. The first-order valence-corrected chi connectivity index (χ1v) is 7.12. The topological polar surface area (TPSA) is 63.8 Å². The molecule has 1 aliphatic heterocycles. The van der Waals surface area contributed by atoms with Crippen LogP contribution in [-0.4, -0.2) is 28.2 Å². The predicted octanol–water partition coefficient (Wildman–Crippen LogP) is 2.54. The zero-order valence-corrected chi connectivity index (χ0v) is 12.3. The number of hydrogen-bond donors (Lipinski definition) is 1. The quantitative estimate of drug-likeness (QED) is 0.920. The van der Waals surface area contributed by atoms with Gasteiger partial charge in [0, 0.05) is 29.0 Å². The van der Waals surface area contributed by atoms with Crippen molar-refractivity contribution in [1.82, 2.24) is 20.4 Å². The van der Waals surface area contributed by atoms with Gasteiger partial charge in [0.2, 0.25) is 11.7 Å². The fourth-order valence-electron chi connectivity index (χ4n) is 2.36. The standard InChI is InChI=1S/C13H15BrN4O/c1-13(3-2-4-15-8-13)12-17-11(18-19-12)9-5-10(14)7-16-6-9/h5-7,15H,2-4,8H2,1H3. The van der Waals surface area contributed by atoms with E-state index in [2.05, 4.69) is 43.3 Å². The van der Waals surface area contributed by atoms with Gasteiger partial charge in [-0.3, -0.25) is 4.98 Å². The average Bonchev–Trinajstić information content (AvgIpc) is 2.90. The van der Waals surface area contributed by atoms with Crippen molar-refractivity contribution in [3.05, 3.63) is 28.8 Å². The molecule has 0 saturated carbocycles. The largest absolute Gasteiger partial charge is 0.338 e. The van der Waals surface area contributed by atoms with Gasteiger partial charge in [-0.1, -0.05) is 5.16 Å². The minimum Gasteiger partial charge on any atom is -0.338 e. The molecule has 3 rings (SSSR count). The van der Waals surface area contributed by atoms with Gasteiger partial charge in [0.25, 0.3) is 0 Å². The zero-order valence-electron chi connectivity index (χ0n) is 10.7. The maximum atomic E-state index is 5.46. The molecule has 1 fully saturated rings. The van der Waals surface area contributed by atoms with Gasteiger partial charge in [-0.15, -0.1) is 0 Å². The number of halogens is 1. The third-order valence-electron chi connectivity index (χ3n) is 3.50.